The number of nitrogens with one attached hydrogen (secondary N) is 1. The van der Waals surface area contributed by atoms with Crippen LogP contribution in [0.3, 0.4) is 0 Å². The van der Waals surface area contributed by atoms with Crippen molar-refractivity contribution < 1.29 is 22.1 Å². The van der Waals surface area contributed by atoms with Gasteiger partial charge in [0.25, 0.3) is 0 Å². The van der Waals surface area contributed by atoms with Crippen molar-refractivity contribution in [3.05, 3.63) is 83.4 Å². The molecule has 180 valence electrons. The number of halogens is 3. The zero-order valence-corrected chi connectivity index (χ0v) is 20.0. The summed E-state index contributed by atoms with van der Waals surface area (Å²) in [4.78, 5) is 9.30. The molecule has 2 aromatic heterocycles. The summed E-state index contributed by atoms with van der Waals surface area (Å²) < 4.78 is 64.0. The summed E-state index contributed by atoms with van der Waals surface area (Å²) in [5, 5.41) is 0.901. The molecule has 0 aliphatic carbocycles. The van der Waals surface area contributed by atoms with E-state index in [1.54, 1.807) is 24.5 Å². The van der Waals surface area contributed by atoms with Crippen LogP contribution >= 0.6 is 11.3 Å². The predicted molar refractivity (Wildman–Crippen MR) is 130 cm³/mol. The molecule has 1 fully saturated rings. The van der Waals surface area contributed by atoms with E-state index in [0.29, 0.717) is 18.9 Å². The van der Waals surface area contributed by atoms with Gasteiger partial charge in [-0.1, -0.05) is 6.07 Å². The first kappa shape index (κ1) is 23.7. The van der Waals surface area contributed by atoms with E-state index in [4.69, 9.17) is 9.72 Å². The number of ether oxygens (including phenoxy) is 1. The lowest BCUT2D eigenvalue weighted by Crippen LogP contribution is -2.13. The molecular formula is C25H20F3N3O2S2. The van der Waals surface area contributed by atoms with Crippen LogP contribution in [0.1, 0.15) is 23.8 Å². The van der Waals surface area contributed by atoms with Gasteiger partial charge in [0.2, 0.25) is 0 Å². The average Bonchev–Trinajstić information content (AvgIpc) is 3.33. The summed E-state index contributed by atoms with van der Waals surface area (Å²) in [6.07, 6.45) is 5.01. The number of benzene rings is 2. The highest BCUT2D eigenvalue weighted by atomic mass is 32.2. The Labute approximate surface area is 206 Å². The fraction of sp³-hybridized carbons (Fsp3) is 0.200. The van der Waals surface area contributed by atoms with Crippen LogP contribution in [0.2, 0.25) is 0 Å². The van der Waals surface area contributed by atoms with Crippen molar-refractivity contribution in [2.45, 2.75) is 23.7 Å². The third kappa shape index (κ3) is 5.00. The number of nitrogens with zero attached hydrogens (tertiary/aromatic N) is 2. The van der Waals surface area contributed by atoms with Crippen molar-refractivity contribution in [3.8, 4) is 21.7 Å². The molecular weight excluding hydrogens is 495 g/mol. The van der Waals surface area contributed by atoms with Gasteiger partial charge in [0.05, 0.1) is 26.2 Å². The maximum Gasteiger partial charge on any atom is 0.156 e. The Bertz CT molecular complexity index is 1380. The molecule has 5 rings (SSSR count). The van der Waals surface area contributed by atoms with Crippen LogP contribution in [0.15, 0.2) is 65.8 Å². The SMILES string of the molecule is O=S(Nc1cccc(-c2nc(C3CCOCC3)sc2-c2ccncc2)c1F)c1cc(F)ccc1F. The molecule has 1 unspecified atom stereocenters. The highest BCUT2D eigenvalue weighted by molar-refractivity contribution is 7.86. The second-order valence-corrected chi connectivity index (χ2v) is 10.2. The van der Waals surface area contributed by atoms with E-state index >= 15 is 4.39 Å². The van der Waals surface area contributed by atoms with Crippen LogP contribution in [-0.2, 0) is 15.7 Å². The molecule has 2 aromatic carbocycles. The quantitative estimate of drug-likeness (QED) is 0.327. The van der Waals surface area contributed by atoms with Crippen LogP contribution in [-0.4, -0.2) is 27.4 Å². The van der Waals surface area contributed by atoms with Gasteiger partial charge in [-0.05, 0) is 60.9 Å². The van der Waals surface area contributed by atoms with Gasteiger partial charge in [0.1, 0.15) is 11.6 Å². The zero-order valence-electron chi connectivity index (χ0n) is 18.3. The molecule has 5 nitrogen and oxygen atoms in total. The number of anilines is 1. The Hall–Kier alpha value is -3.08. The summed E-state index contributed by atoms with van der Waals surface area (Å²) in [7, 11) is -2.22. The zero-order chi connectivity index (χ0) is 24.4. The van der Waals surface area contributed by atoms with Crippen LogP contribution < -0.4 is 4.72 Å². The number of hydrogen-bond acceptors (Lipinski definition) is 5. The predicted octanol–water partition coefficient (Wildman–Crippen LogP) is 6.32. The number of aromatic nitrogens is 2. The van der Waals surface area contributed by atoms with E-state index in [-0.39, 0.29) is 17.2 Å². The third-order valence-electron chi connectivity index (χ3n) is 5.71. The van der Waals surface area contributed by atoms with Gasteiger partial charge in [-0.15, -0.1) is 11.3 Å². The first-order valence-corrected chi connectivity index (χ1v) is 12.9. The molecule has 0 spiro atoms. The lowest BCUT2D eigenvalue weighted by Gasteiger charge is -2.19. The maximum absolute atomic E-state index is 15.7. The van der Waals surface area contributed by atoms with E-state index in [1.165, 1.54) is 17.4 Å². The van der Waals surface area contributed by atoms with E-state index < -0.39 is 33.3 Å². The van der Waals surface area contributed by atoms with Crippen LogP contribution in [0.4, 0.5) is 18.9 Å². The van der Waals surface area contributed by atoms with E-state index in [2.05, 4.69) is 9.71 Å². The van der Waals surface area contributed by atoms with Crippen molar-refractivity contribution >= 4 is 28.0 Å². The Morgan fingerprint density at radius 2 is 1.80 bits per heavy atom. The van der Waals surface area contributed by atoms with Gasteiger partial charge >= 0.3 is 0 Å². The van der Waals surface area contributed by atoms with Crippen LogP contribution in [0, 0.1) is 17.5 Å². The normalized spacial score (nSPS) is 15.2. The summed E-state index contributed by atoms with van der Waals surface area (Å²) in [5.74, 6) is -2.06. The van der Waals surface area contributed by atoms with E-state index in [1.807, 2.05) is 12.1 Å². The van der Waals surface area contributed by atoms with Crippen molar-refractivity contribution in [1.82, 2.24) is 9.97 Å². The number of hydrogen-bond donors (Lipinski definition) is 1. The number of pyridine rings is 1. The fourth-order valence-corrected chi connectivity index (χ4v) is 6.09. The van der Waals surface area contributed by atoms with Gasteiger partial charge < -0.3 is 4.74 Å². The van der Waals surface area contributed by atoms with Crippen LogP contribution in [0.5, 0.6) is 0 Å². The molecule has 1 aliphatic rings. The molecule has 0 saturated carbocycles. The van der Waals surface area contributed by atoms with Gasteiger partial charge in [-0.25, -0.2) is 22.4 Å². The van der Waals surface area contributed by atoms with Gasteiger partial charge in [0, 0.05) is 37.1 Å². The molecule has 1 N–H and O–H groups in total. The lowest BCUT2D eigenvalue weighted by atomic mass is 10.0. The molecule has 0 radical (unpaired) electrons. The lowest BCUT2D eigenvalue weighted by molar-refractivity contribution is 0.0853. The molecule has 1 aliphatic heterocycles. The molecule has 1 saturated heterocycles. The van der Waals surface area contributed by atoms with Crippen molar-refractivity contribution in [3.63, 3.8) is 0 Å². The Kier molecular flexibility index (Phi) is 6.94. The fourth-order valence-electron chi connectivity index (χ4n) is 3.91. The topological polar surface area (TPSA) is 64.1 Å². The molecule has 4 aromatic rings. The first-order chi connectivity index (χ1) is 17.0. The molecule has 10 heteroatoms. The molecule has 0 bridgehead atoms. The minimum Gasteiger partial charge on any atom is -0.381 e. The number of thiazole rings is 1. The summed E-state index contributed by atoms with van der Waals surface area (Å²) in [6.45, 7) is 1.31. The molecule has 1 atom stereocenters. The summed E-state index contributed by atoms with van der Waals surface area (Å²) in [6, 6.07) is 10.9. The minimum absolute atomic E-state index is 0.106. The first-order valence-electron chi connectivity index (χ1n) is 10.9. The van der Waals surface area contributed by atoms with Crippen LogP contribution in [0.25, 0.3) is 21.7 Å². The average molecular weight is 516 g/mol. The monoisotopic (exact) mass is 515 g/mol. The largest absolute Gasteiger partial charge is 0.381 e. The summed E-state index contributed by atoms with van der Waals surface area (Å²) >= 11 is 1.51. The maximum atomic E-state index is 15.7. The Balaban J connectivity index is 1.54. The van der Waals surface area contributed by atoms with E-state index in [0.717, 1.165) is 46.5 Å². The van der Waals surface area contributed by atoms with Crippen molar-refractivity contribution in [2.75, 3.05) is 17.9 Å². The molecule has 3 heterocycles. The second-order valence-electron chi connectivity index (χ2n) is 7.97. The Morgan fingerprint density at radius 1 is 1.03 bits per heavy atom. The molecule has 35 heavy (non-hydrogen) atoms. The Morgan fingerprint density at radius 3 is 2.57 bits per heavy atom. The van der Waals surface area contributed by atoms with Crippen molar-refractivity contribution in [2.24, 2.45) is 0 Å². The second kappa shape index (κ2) is 10.3. The molecule has 0 amide bonds. The number of rotatable bonds is 6. The minimum atomic E-state index is -2.22. The third-order valence-corrected chi connectivity index (χ3v) is 8.09. The van der Waals surface area contributed by atoms with Crippen molar-refractivity contribution in [1.29, 1.82) is 0 Å². The van der Waals surface area contributed by atoms with Gasteiger partial charge in [0.15, 0.2) is 16.8 Å². The van der Waals surface area contributed by atoms with E-state index in [9.17, 15) is 13.0 Å². The summed E-state index contributed by atoms with van der Waals surface area (Å²) in [5.41, 5.74) is 1.43. The van der Waals surface area contributed by atoms with Gasteiger partial charge in [-0.3, -0.25) is 9.71 Å². The van der Waals surface area contributed by atoms with Gasteiger partial charge in [-0.2, -0.15) is 0 Å². The highest BCUT2D eigenvalue weighted by Gasteiger charge is 2.25. The standard InChI is InChI=1S/C25H20F3N3O2S2/c26-17-4-5-19(27)21(14-17)35(32)31-20-3-1-2-18(22(20)28)23-24(15-6-10-29-11-7-15)34-25(30-23)16-8-12-33-13-9-16/h1-7,10-11,14,16,31H,8-9,12-13H2. The highest BCUT2D eigenvalue weighted by Crippen LogP contribution is 2.42. The smallest absolute Gasteiger partial charge is 0.156 e.